The zero-order valence-corrected chi connectivity index (χ0v) is 17.7. The first-order chi connectivity index (χ1) is 15.0. The Balaban J connectivity index is 1.88. The van der Waals surface area contributed by atoms with Crippen LogP contribution < -0.4 is 4.74 Å². The van der Waals surface area contributed by atoms with Gasteiger partial charge in [0, 0.05) is 31.4 Å². The number of phenols is 2. The Hall–Kier alpha value is -3.52. The Morgan fingerprint density at radius 2 is 1.90 bits per heavy atom. The minimum atomic E-state index is -0.456. The molecule has 1 aromatic heterocycles. The maximum atomic E-state index is 13.3. The number of aromatic amines is 1. The molecule has 0 spiro atoms. The number of rotatable bonds is 7. The van der Waals surface area contributed by atoms with E-state index >= 15 is 0 Å². The molecule has 0 unspecified atom stereocenters. The summed E-state index contributed by atoms with van der Waals surface area (Å²) in [7, 11) is 3.10. The molecule has 2 aromatic carbocycles. The molecule has 3 aromatic rings. The van der Waals surface area contributed by atoms with Gasteiger partial charge in [-0.2, -0.15) is 5.10 Å². The number of benzene rings is 2. The van der Waals surface area contributed by atoms with Crippen LogP contribution in [-0.2, 0) is 4.74 Å². The van der Waals surface area contributed by atoms with Crippen LogP contribution in [0.3, 0.4) is 0 Å². The third-order valence-corrected chi connectivity index (χ3v) is 5.54. The number of aromatic hydroxyl groups is 2. The van der Waals surface area contributed by atoms with Crippen LogP contribution >= 0.6 is 0 Å². The Labute approximate surface area is 180 Å². The van der Waals surface area contributed by atoms with E-state index in [1.165, 1.54) is 7.11 Å². The Kier molecular flexibility index (Phi) is 5.56. The topological polar surface area (TPSA) is 108 Å². The molecule has 1 amide bonds. The van der Waals surface area contributed by atoms with Gasteiger partial charge in [-0.05, 0) is 43.2 Å². The van der Waals surface area contributed by atoms with Crippen molar-refractivity contribution in [2.75, 3.05) is 27.4 Å². The van der Waals surface area contributed by atoms with Crippen LogP contribution in [0.4, 0.5) is 0 Å². The van der Waals surface area contributed by atoms with Crippen molar-refractivity contribution in [3.8, 4) is 28.5 Å². The molecular weight excluding hydrogens is 398 g/mol. The molecule has 8 nitrogen and oxygen atoms in total. The van der Waals surface area contributed by atoms with Crippen LogP contribution in [0.15, 0.2) is 36.4 Å². The molecule has 2 heterocycles. The summed E-state index contributed by atoms with van der Waals surface area (Å²) < 4.78 is 10.5. The lowest BCUT2D eigenvalue weighted by atomic mass is 9.94. The Bertz CT molecular complexity index is 1120. The number of nitrogens with one attached hydrogen (secondary N) is 1. The van der Waals surface area contributed by atoms with Crippen LogP contribution in [0, 0.1) is 6.92 Å². The molecule has 1 aliphatic heterocycles. The van der Waals surface area contributed by atoms with Crippen molar-refractivity contribution in [3.63, 3.8) is 0 Å². The van der Waals surface area contributed by atoms with Gasteiger partial charge in [0.05, 0.1) is 13.2 Å². The largest absolute Gasteiger partial charge is 0.507 e. The maximum Gasteiger partial charge on any atom is 0.273 e. The summed E-state index contributed by atoms with van der Waals surface area (Å²) in [4.78, 5) is 15.0. The quantitative estimate of drug-likeness (QED) is 0.503. The summed E-state index contributed by atoms with van der Waals surface area (Å²) in [6.07, 6.45) is 0.663. The molecule has 0 saturated heterocycles. The lowest BCUT2D eigenvalue weighted by Crippen LogP contribution is -2.31. The van der Waals surface area contributed by atoms with Gasteiger partial charge in [0.25, 0.3) is 5.91 Å². The number of H-pyrrole nitrogens is 1. The van der Waals surface area contributed by atoms with Crippen molar-refractivity contribution in [2.24, 2.45) is 0 Å². The van der Waals surface area contributed by atoms with Crippen LogP contribution in [0.2, 0.25) is 0 Å². The van der Waals surface area contributed by atoms with Crippen molar-refractivity contribution >= 4 is 5.91 Å². The van der Waals surface area contributed by atoms with E-state index in [0.29, 0.717) is 47.8 Å². The fourth-order valence-electron chi connectivity index (χ4n) is 4.06. The van der Waals surface area contributed by atoms with Crippen molar-refractivity contribution < 1.29 is 24.5 Å². The Morgan fingerprint density at radius 3 is 2.65 bits per heavy atom. The van der Waals surface area contributed by atoms with E-state index in [2.05, 4.69) is 10.2 Å². The number of hydrogen-bond acceptors (Lipinski definition) is 6. The highest BCUT2D eigenvalue weighted by Crippen LogP contribution is 2.45. The molecule has 162 valence electrons. The summed E-state index contributed by atoms with van der Waals surface area (Å²) in [6, 6.07) is 9.86. The fourth-order valence-corrected chi connectivity index (χ4v) is 4.06. The zero-order chi connectivity index (χ0) is 22.1. The van der Waals surface area contributed by atoms with Gasteiger partial charge in [0.1, 0.15) is 17.1 Å². The number of hydrogen-bond donors (Lipinski definition) is 3. The lowest BCUT2D eigenvalue weighted by molar-refractivity contribution is 0.0723. The first-order valence-electron chi connectivity index (χ1n) is 10.0. The number of aromatic nitrogens is 2. The van der Waals surface area contributed by atoms with Gasteiger partial charge in [-0.15, -0.1) is 0 Å². The van der Waals surface area contributed by atoms with Crippen molar-refractivity contribution in [3.05, 3.63) is 58.8 Å². The standard InChI is InChI=1S/C23H25N3O5/c1-13-5-7-16(27)15(11-13)20-19-21(25-24-20)23(29)26(9-4-10-30-2)22(19)14-6-8-17(28)18(12-14)31-3/h5-8,11-12,22,27-28H,4,9-10H2,1-3H3,(H,24,25)/t22-/m1/s1. The average molecular weight is 423 g/mol. The minimum absolute atomic E-state index is 0.0190. The molecule has 1 aliphatic rings. The normalized spacial score (nSPS) is 15.4. The predicted octanol–water partition coefficient (Wildman–Crippen LogP) is 3.39. The number of ether oxygens (including phenoxy) is 2. The first-order valence-corrected chi connectivity index (χ1v) is 10.0. The summed E-state index contributed by atoms with van der Waals surface area (Å²) in [5.41, 5.74) is 3.90. The summed E-state index contributed by atoms with van der Waals surface area (Å²) in [5.74, 6) is 0.255. The highest BCUT2D eigenvalue weighted by atomic mass is 16.5. The lowest BCUT2D eigenvalue weighted by Gasteiger charge is -2.26. The van der Waals surface area contributed by atoms with Crippen molar-refractivity contribution in [1.29, 1.82) is 0 Å². The first kappa shape index (κ1) is 20.7. The van der Waals surface area contributed by atoms with E-state index in [1.54, 1.807) is 36.3 Å². The third kappa shape index (κ3) is 3.59. The molecule has 8 heteroatoms. The molecule has 31 heavy (non-hydrogen) atoms. The van der Waals surface area contributed by atoms with Gasteiger partial charge in [0.2, 0.25) is 0 Å². The van der Waals surface area contributed by atoms with Crippen molar-refractivity contribution in [1.82, 2.24) is 15.1 Å². The summed E-state index contributed by atoms with van der Waals surface area (Å²) in [6.45, 7) is 2.93. The molecule has 4 rings (SSSR count). The van der Waals surface area contributed by atoms with Crippen LogP contribution in [-0.4, -0.2) is 58.6 Å². The second kappa shape index (κ2) is 8.31. The second-order valence-corrected chi connectivity index (χ2v) is 7.56. The number of nitrogens with zero attached hydrogens (tertiary/aromatic N) is 2. The van der Waals surface area contributed by atoms with E-state index in [4.69, 9.17) is 9.47 Å². The minimum Gasteiger partial charge on any atom is -0.507 e. The molecule has 0 radical (unpaired) electrons. The van der Waals surface area contributed by atoms with E-state index in [-0.39, 0.29) is 17.4 Å². The van der Waals surface area contributed by atoms with Gasteiger partial charge in [-0.1, -0.05) is 17.7 Å². The van der Waals surface area contributed by atoms with Crippen molar-refractivity contribution in [2.45, 2.75) is 19.4 Å². The molecule has 0 fully saturated rings. The van der Waals surface area contributed by atoms with Crippen LogP contribution in [0.25, 0.3) is 11.3 Å². The van der Waals surface area contributed by atoms with Crippen LogP contribution in [0.5, 0.6) is 17.2 Å². The molecule has 1 atom stereocenters. The number of phenolic OH excluding ortho intramolecular Hbond substituents is 2. The fraction of sp³-hybridized carbons (Fsp3) is 0.304. The highest BCUT2D eigenvalue weighted by molar-refractivity contribution is 6.00. The molecule has 3 N–H and O–H groups in total. The van der Waals surface area contributed by atoms with Gasteiger partial charge < -0.3 is 24.6 Å². The Morgan fingerprint density at radius 1 is 1.13 bits per heavy atom. The molecule has 0 aliphatic carbocycles. The zero-order valence-electron chi connectivity index (χ0n) is 17.7. The average Bonchev–Trinajstić information content (AvgIpc) is 3.30. The number of fused-ring (bicyclic) bond motifs is 1. The van der Waals surface area contributed by atoms with Gasteiger partial charge in [-0.3, -0.25) is 9.89 Å². The number of carbonyl (C=O) groups excluding carboxylic acids is 1. The number of aryl methyl sites for hydroxylation is 1. The number of methoxy groups -OCH3 is 2. The van der Waals surface area contributed by atoms with E-state index in [1.807, 2.05) is 19.1 Å². The predicted molar refractivity (Wildman–Crippen MR) is 114 cm³/mol. The van der Waals surface area contributed by atoms with E-state index < -0.39 is 6.04 Å². The summed E-state index contributed by atoms with van der Waals surface area (Å²) in [5, 5.41) is 27.8. The maximum absolute atomic E-state index is 13.3. The van der Waals surface area contributed by atoms with Gasteiger partial charge >= 0.3 is 0 Å². The molecule has 0 bridgehead atoms. The smallest absolute Gasteiger partial charge is 0.273 e. The van der Waals surface area contributed by atoms with Gasteiger partial charge in [0.15, 0.2) is 11.5 Å². The van der Waals surface area contributed by atoms with Gasteiger partial charge in [-0.25, -0.2) is 0 Å². The monoisotopic (exact) mass is 423 g/mol. The molecular formula is C23H25N3O5. The number of carbonyl (C=O) groups is 1. The number of amides is 1. The van der Waals surface area contributed by atoms with E-state index in [0.717, 1.165) is 11.1 Å². The highest BCUT2D eigenvalue weighted by Gasteiger charge is 2.42. The summed E-state index contributed by atoms with van der Waals surface area (Å²) >= 11 is 0. The van der Waals surface area contributed by atoms with Crippen LogP contribution in [0.1, 0.15) is 39.6 Å². The third-order valence-electron chi connectivity index (χ3n) is 5.54. The second-order valence-electron chi connectivity index (χ2n) is 7.56. The van der Waals surface area contributed by atoms with E-state index in [9.17, 15) is 15.0 Å². The molecule has 0 saturated carbocycles. The SMILES string of the molecule is COCCCN1C(=O)c2[nH]nc(-c3cc(C)ccc3O)c2[C@H]1c1ccc(O)c(OC)c1.